The average Bonchev–Trinajstić information content (AvgIpc) is 2.58. The lowest BCUT2D eigenvalue weighted by Crippen LogP contribution is -2.16. The van der Waals surface area contributed by atoms with E-state index in [0.29, 0.717) is 6.04 Å². The number of benzene rings is 1. The molecule has 0 heterocycles. The summed E-state index contributed by atoms with van der Waals surface area (Å²) in [7, 11) is 0. The Balaban J connectivity index is 2.07. The molecule has 1 N–H and O–H groups in total. The van der Waals surface area contributed by atoms with Crippen LogP contribution in [0.1, 0.15) is 37.3 Å². The van der Waals surface area contributed by atoms with Crippen LogP contribution < -0.4 is 5.32 Å². The molecule has 1 aliphatic rings. The van der Waals surface area contributed by atoms with Gasteiger partial charge in [-0.2, -0.15) is 0 Å². The first kappa shape index (κ1) is 10.5. The molecule has 0 aromatic heterocycles. The normalized spacial score (nSPS) is 25.5. The fourth-order valence-corrected chi connectivity index (χ4v) is 2.45. The Kier molecular flexibility index (Phi) is 2.99. The van der Waals surface area contributed by atoms with Gasteiger partial charge >= 0.3 is 0 Å². The highest BCUT2D eigenvalue weighted by Crippen LogP contribution is 2.28. The molecule has 1 heteroatoms. The van der Waals surface area contributed by atoms with Crippen LogP contribution in [0.15, 0.2) is 18.2 Å². The van der Waals surface area contributed by atoms with Gasteiger partial charge in [0.15, 0.2) is 0 Å². The summed E-state index contributed by atoms with van der Waals surface area (Å²) in [5.41, 5.74) is 4.03. The van der Waals surface area contributed by atoms with Gasteiger partial charge in [0.2, 0.25) is 0 Å². The summed E-state index contributed by atoms with van der Waals surface area (Å²) in [6.45, 7) is 6.69. The van der Waals surface area contributed by atoms with Crippen LogP contribution in [0, 0.1) is 19.8 Å². The summed E-state index contributed by atoms with van der Waals surface area (Å²) in [4.78, 5) is 0. The van der Waals surface area contributed by atoms with E-state index in [9.17, 15) is 0 Å². The topological polar surface area (TPSA) is 12.0 Å². The Bertz CT molecular complexity index is 343. The van der Waals surface area contributed by atoms with E-state index in [-0.39, 0.29) is 0 Å². The monoisotopic (exact) mass is 203 g/mol. The lowest BCUT2D eigenvalue weighted by molar-refractivity contribution is 0.602. The molecule has 0 aliphatic heterocycles. The number of hydrogen-bond donors (Lipinski definition) is 1. The Morgan fingerprint density at radius 3 is 2.67 bits per heavy atom. The fraction of sp³-hybridized carbons (Fsp3) is 0.571. The standard InChI is InChI=1S/C14H21N/c1-10-5-7-13(8-10)15-14-9-11(2)4-6-12(14)3/h4,6,9-10,13,15H,5,7-8H2,1-3H3. The molecule has 82 valence electrons. The maximum Gasteiger partial charge on any atom is 0.0374 e. The Hall–Kier alpha value is -0.980. The molecule has 0 bridgehead atoms. The molecule has 1 aromatic rings. The number of hydrogen-bond acceptors (Lipinski definition) is 1. The van der Waals surface area contributed by atoms with Gasteiger partial charge in [-0.15, -0.1) is 0 Å². The molecule has 0 radical (unpaired) electrons. The number of nitrogens with one attached hydrogen (secondary N) is 1. The Morgan fingerprint density at radius 2 is 2.00 bits per heavy atom. The second kappa shape index (κ2) is 4.26. The van der Waals surface area contributed by atoms with Gasteiger partial charge in [-0.05, 0) is 56.2 Å². The maximum absolute atomic E-state index is 3.68. The smallest absolute Gasteiger partial charge is 0.0374 e. The second-order valence-corrected chi connectivity index (χ2v) is 5.08. The van der Waals surface area contributed by atoms with E-state index in [1.165, 1.54) is 36.1 Å². The predicted octanol–water partition coefficient (Wildman–Crippen LogP) is 3.90. The van der Waals surface area contributed by atoms with Gasteiger partial charge in [0.05, 0.1) is 0 Å². The highest BCUT2D eigenvalue weighted by molar-refractivity contribution is 5.53. The van der Waals surface area contributed by atoms with E-state index in [4.69, 9.17) is 0 Å². The maximum atomic E-state index is 3.68. The van der Waals surface area contributed by atoms with Crippen molar-refractivity contribution in [1.29, 1.82) is 0 Å². The van der Waals surface area contributed by atoms with Crippen molar-refractivity contribution in [1.82, 2.24) is 0 Å². The average molecular weight is 203 g/mol. The first-order valence-electron chi connectivity index (χ1n) is 5.99. The summed E-state index contributed by atoms with van der Waals surface area (Å²) in [6.07, 6.45) is 4.03. The molecule has 0 spiro atoms. The summed E-state index contributed by atoms with van der Waals surface area (Å²) >= 11 is 0. The van der Waals surface area contributed by atoms with Crippen molar-refractivity contribution in [3.63, 3.8) is 0 Å². The third kappa shape index (κ3) is 2.53. The van der Waals surface area contributed by atoms with Crippen LogP contribution in [0.25, 0.3) is 0 Å². The molecule has 1 nitrogen and oxygen atoms in total. The van der Waals surface area contributed by atoms with Crippen molar-refractivity contribution in [2.24, 2.45) is 5.92 Å². The molecule has 15 heavy (non-hydrogen) atoms. The van der Waals surface area contributed by atoms with E-state index in [2.05, 4.69) is 44.3 Å². The number of anilines is 1. The summed E-state index contributed by atoms with van der Waals surface area (Å²) in [5, 5.41) is 3.68. The van der Waals surface area contributed by atoms with Crippen molar-refractivity contribution >= 4 is 5.69 Å². The molecule has 1 aromatic carbocycles. The predicted molar refractivity (Wildman–Crippen MR) is 66.3 cm³/mol. The molecular weight excluding hydrogens is 182 g/mol. The molecule has 1 saturated carbocycles. The Labute approximate surface area is 92.9 Å². The van der Waals surface area contributed by atoms with Crippen LogP contribution in [-0.2, 0) is 0 Å². The van der Waals surface area contributed by atoms with Crippen LogP contribution in [0.2, 0.25) is 0 Å². The molecule has 0 amide bonds. The second-order valence-electron chi connectivity index (χ2n) is 5.08. The van der Waals surface area contributed by atoms with Gasteiger partial charge in [0.25, 0.3) is 0 Å². The zero-order valence-corrected chi connectivity index (χ0v) is 10.0. The zero-order chi connectivity index (χ0) is 10.8. The van der Waals surface area contributed by atoms with Gasteiger partial charge in [0.1, 0.15) is 0 Å². The number of rotatable bonds is 2. The quantitative estimate of drug-likeness (QED) is 0.768. The highest BCUT2D eigenvalue weighted by Gasteiger charge is 2.21. The van der Waals surface area contributed by atoms with E-state index in [1.807, 2.05) is 0 Å². The Morgan fingerprint density at radius 1 is 1.20 bits per heavy atom. The van der Waals surface area contributed by atoms with E-state index in [0.717, 1.165) is 5.92 Å². The SMILES string of the molecule is Cc1ccc(C)c(NC2CCC(C)C2)c1. The van der Waals surface area contributed by atoms with Gasteiger partial charge < -0.3 is 5.32 Å². The third-order valence-corrected chi connectivity index (χ3v) is 3.45. The highest BCUT2D eigenvalue weighted by atomic mass is 14.9. The van der Waals surface area contributed by atoms with Crippen molar-refractivity contribution in [2.45, 2.75) is 46.1 Å². The van der Waals surface area contributed by atoms with Crippen LogP contribution in [0.3, 0.4) is 0 Å². The summed E-state index contributed by atoms with van der Waals surface area (Å²) < 4.78 is 0. The largest absolute Gasteiger partial charge is 0.382 e. The molecular formula is C14H21N. The van der Waals surface area contributed by atoms with Crippen molar-refractivity contribution in [3.05, 3.63) is 29.3 Å². The molecule has 2 atom stereocenters. The van der Waals surface area contributed by atoms with Crippen molar-refractivity contribution < 1.29 is 0 Å². The first-order valence-corrected chi connectivity index (χ1v) is 5.99. The minimum absolute atomic E-state index is 0.695. The van der Waals surface area contributed by atoms with Crippen molar-refractivity contribution in [2.75, 3.05) is 5.32 Å². The molecule has 0 saturated heterocycles. The van der Waals surface area contributed by atoms with Gasteiger partial charge in [-0.1, -0.05) is 19.1 Å². The van der Waals surface area contributed by atoms with Crippen LogP contribution in [0.4, 0.5) is 5.69 Å². The molecule has 2 unspecified atom stereocenters. The summed E-state index contributed by atoms with van der Waals surface area (Å²) in [5.74, 6) is 0.896. The van der Waals surface area contributed by atoms with Gasteiger partial charge in [-0.25, -0.2) is 0 Å². The molecule has 2 rings (SSSR count). The molecule has 1 fully saturated rings. The van der Waals surface area contributed by atoms with E-state index < -0.39 is 0 Å². The van der Waals surface area contributed by atoms with E-state index >= 15 is 0 Å². The minimum Gasteiger partial charge on any atom is -0.382 e. The van der Waals surface area contributed by atoms with Gasteiger partial charge in [0, 0.05) is 11.7 Å². The fourth-order valence-electron chi connectivity index (χ4n) is 2.45. The zero-order valence-electron chi connectivity index (χ0n) is 10.0. The summed E-state index contributed by atoms with van der Waals surface area (Å²) in [6, 6.07) is 7.34. The van der Waals surface area contributed by atoms with E-state index in [1.54, 1.807) is 0 Å². The molecule has 1 aliphatic carbocycles. The number of aryl methyl sites for hydroxylation is 2. The van der Waals surface area contributed by atoms with Crippen LogP contribution in [0.5, 0.6) is 0 Å². The van der Waals surface area contributed by atoms with Crippen LogP contribution in [-0.4, -0.2) is 6.04 Å². The van der Waals surface area contributed by atoms with Crippen LogP contribution >= 0.6 is 0 Å². The first-order chi connectivity index (χ1) is 7.15. The third-order valence-electron chi connectivity index (χ3n) is 3.45. The lowest BCUT2D eigenvalue weighted by atomic mass is 10.1. The van der Waals surface area contributed by atoms with Gasteiger partial charge in [-0.3, -0.25) is 0 Å². The minimum atomic E-state index is 0.695. The van der Waals surface area contributed by atoms with Crippen molar-refractivity contribution in [3.8, 4) is 0 Å². The lowest BCUT2D eigenvalue weighted by Gasteiger charge is -2.16.